The van der Waals surface area contributed by atoms with Gasteiger partial charge < -0.3 is 10.1 Å². The van der Waals surface area contributed by atoms with Crippen molar-refractivity contribution in [2.45, 2.75) is 59.6 Å². The summed E-state index contributed by atoms with van der Waals surface area (Å²) < 4.78 is 19.7. The first-order valence-electron chi connectivity index (χ1n) is 12.1. The van der Waals surface area contributed by atoms with Crippen LogP contribution in [-0.2, 0) is 13.0 Å². The van der Waals surface area contributed by atoms with E-state index in [2.05, 4.69) is 32.2 Å². The number of nitrogens with zero attached hydrogens (tertiary/aromatic N) is 1. The van der Waals surface area contributed by atoms with Gasteiger partial charge in [0.1, 0.15) is 18.2 Å². The molecule has 0 radical (unpaired) electrons. The summed E-state index contributed by atoms with van der Waals surface area (Å²) in [5.41, 5.74) is 4.49. The third-order valence-corrected chi connectivity index (χ3v) is 5.90. The number of hydrogen-bond donors (Lipinski definition) is 1. The molecule has 0 saturated heterocycles. The van der Waals surface area contributed by atoms with Crippen LogP contribution < -0.4 is 10.1 Å². The second-order valence-corrected chi connectivity index (χ2v) is 9.33. The molecule has 0 bridgehead atoms. The minimum Gasteiger partial charge on any atom is -0.489 e. The fourth-order valence-corrected chi connectivity index (χ4v) is 4.10. The molecule has 1 amide bonds. The Hall–Kier alpha value is -3.65. The highest BCUT2D eigenvalue weighted by atomic mass is 19.1. The maximum Gasteiger partial charge on any atom is 0.252 e. The van der Waals surface area contributed by atoms with Gasteiger partial charge in [-0.2, -0.15) is 5.26 Å². The van der Waals surface area contributed by atoms with E-state index in [9.17, 15) is 9.18 Å². The Morgan fingerprint density at radius 2 is 1.91 bits per heavy atom. The quantitative estimate of drug-likeness (QED) is 0.344. The summed E-state index contributed by atoms with van der Waals surface area (Å²) in [5, 5.41) is 12.3. The van der Waals surface area contributed by atoms with Crippen LogP contribution in [0.3, 0.4) is 0 Å². The Morgan fingerprint density at radius 3 is 2.60 bits per heavy atom. The summed E-state index contributed by atoms with van der Waals surface area (Å²) in [6.45, 7) is 8.33. The highest BCUT2D eigenvalue weighted by molar-refractivity contribution is 5.96. The molecule has 0 heterocycles. The smallest absolute Gasteiger partial charge is 0.252 e. The van der Waals surface area contributed by atoms with E-state index in [1.165, 1.54) is 6.07 Å². The van der Waals surface area contributed by atoms with Crippen molar-refractivity contribution in [3.8, 4) is 11.8 Å². The number of rotatable bonds is 10. The number of nitriles is 1. The summed E-state index contributed by atoms with van der Waals surface area (Å²) in [5.74, 6) is 0.567. The number of aryl methyl sites for hydroxylation is 2. The van der Waals surface area contributed by atoms with E-state index in [0.29, 0.717) is 28.4 Å². The van der Waals surface area contributed by atoms with Crippen LogP contribution in [0.2, 0.25) is 0 Å². The molecule has 3 rings (SSSR count). The maximum atomic E-state index is 13.9. The number of carbonyl (C=O) groups is 1. The van der Waals surface area contributed by atoms with Gasteiger partial charge in [0.15, 0.2) is 0 Å². The molecule has 0 saturated carbocycles. The minimum absolute atomic E-state index is 0.144. The molecular formula is C30H33FN2O2. The van der Waals surface area contributed by atoms with E-state index in [-0.39, 0.29) is 24.4 Å². The van der Waals surface area contributed by atoms with Gasteiger partial charge in [0.05, 0.1) is 17.7 Å². The monoisotopic (exact) mass is 472 g/mol. The van der Waals surface area contributed by atoms with Gasteiger partial charge in [0.2, 0.25) is 0 Å². The van der Waals surface area contributed by atoms with Crippen molar-refractivity contribution < 1.29 is 13.9 Å². The van der Waals surface area contributed by atoms with Crippen molar-refractivity contribution in [2.75, 3.05) is 0 Å². The van der Waals surface area contributed by atoms with Gasteiger partial charge in [-0.3, -0.25) is 4.79 Å². The molecule has 5 heteroatoms. The number of halogens is 1. The second kappa shape index (κ2) is 12.2. The van der Waals surface area contributed by atoms with Crippen molar-refractivity contribution in [2.24, 2.45) is 5.92 Å². The summed E-state index contributed by atoms with van der Waals surface area (Å²) in [7, 11) is 0. The van der Waals surface area contributed by atoms with Crippen LogP contribution in [0.25, 0.3) is 0 Å². The second-order valence-electron chi connectivity index (χ2n) is 9.33. The van der Waals surface area contributed by atoms with Gasteiger partial charge in [-0.25, -0.2) is 4.39 Å². The minimum atomic E-state index is -0.249. The van der Waals surface area contributed by atoms with Crippen molar-refractivity contribution >= 4 is 5.91 Å². The molecule has 3 aromatic rings. The van der Waals surface area contributed by atoms with Crippen LogP contribution in [-0.4, -0.2) is 5.91 Å². The van der Waals surface area contributed by atoms with E-state index in [1.54, 1.807) is 37.3 Å². The van der Waals surface area contributed by atoms with E-state index >= 15 is 0 Å². The van der Waals surface area contributed by atoms with Gasteiger partial charge in [0.25, 0.3) is 5.91 Å². The van der Waals surface area contributed by atoms with Crippen molar-refractivity contribution in [3.05, 3.63) is 99.9 Å². The summed E-state index contributed by atoms with van der Waals surface area (Å²) in [4.78, 5) is 13.5. The molecule has 3 aromatic carbocycles. The number of amides is 1. The Morgan fingerprint density at radius 1 is 1.11 bits per heavy atom. The maximum absolute atomic E-state index is 13.9. The van der Waals surface area contributed by atoms with E-state index in [1.807, 2.05) is 24.3 Å². The van der Waals surface area contributed by atoms with E-state index in [0.717, 1.165) is 36.0 Å². The average molecular weight is 473 g/mol. The molecule has 1 atom stereocenters. The van der Waals surface area contributed by atoms with Crippen molar-refractivity contribution in [1.29, 1.82) is 5.26 Å². The molecule has 1 unspecified atom stereocenters. The van der Waals surface area contributed by atoms with Crippen LogP contribution in [0.5, 0.6) is 5.75 Å². The number of benzene rings is 3. The highest BCUT2D eigenvalue weighted by Gasteiger charge is 2.20. The first-order chi connectivity index (χ1) is 16.8. The first-order valence-corrected chi connectivity index (χ1v) is 12.1. The number of ether oxygens (including phenoxy) is 1. The lowest BCUT2D eigenvalue weighted by Crippen LogP contribution is -2.30. The number of hydrogen-bond acceptors (Lipinski definition) is 3. The van der Waals surface area contributed by atoms with E-state index < -0.39 is 0 Å². The third kappa shape index (κ3) is 7.16. The summed E-state index contributed by atoms with van der Waals surface area (Å²) in [6, 6.07) is 19.8. The van der Waals surface area contributed by atoms with Gasteiger partial charge in [-0.1, -0.05) is 57.5 Å². The molecular weight excluding hydrogens is 439 g/mol. The molecule has 182 valence electrons. The zero-order valence-corrected chi connectivity index (χ0v) is 20.9. The predicted octanol–water partition coefficient (Wildman–Crippen LogP) is 7.05. The topological polar surface area (TPSA) is 62.1 Å². The Bertz CT molecular complexity index is 1210. The van der Waals surface area contributed by atoms with Crippen LogP contribution in [0.4, 0.5) is 4.39 Å². The Labute approximate surface area is 207 Å². The van der Waals surface area contributed by atoms with Crippen LogP contribution in [0, 0.1) is 30.0 Å². The molecule has 4 nitrogen and oxygen atoms in total. The predicted molar refractivity (Wildman–Crippen MR) is 137 cm³/mol. The molecule has 0 fully saturated rings. The van der Waals surface area contributed by atoms with Crippen molar-refractivity contribution in [1.82, 2.24) is 5.32 Å². The molecule has 0 aliphatic rings. The number of nitrogens with one attached hydrogen (secondary N) is 1. The van der Waals surface area contributed by atoms with Crippen LogP contribution in [0.1, 0.15) is 77.8 Å². The fourth-order valence-electron chi connectivity index (χ4n) is 4.10. The van der Waals surface area contributed by atoms with E-state index in [4.69, 9.17) is 10.00 Å². The van der Waals surface area contributed by atoms with Crippen LogP contribution in [0.15, 0.2) is 60.7 Å². The zero-order valence-electron chi connectivity index (χ0n) is 20.9. The molecule has 0 spiro atoms. The molecule has 35 heavy (non-hydrogen) atoms. The SMILES string of the molecule is CCCc1ccc(COc2cccc(C#N)c2)cc1C(=O)NC(CC(C)C)c1ccc(F)c(C)c1. The lowest BCUT2D eigenvalue weighted by atomic mass is 9.94. The summed E-state index contributed by atoms with van der Waals surface area (Å²) in [6.07, 6.45) is 2.46. The standard InChI is InChI=1S/C30H33FN2O2/c1-5-7-24-11-10-23(19-35-26-9-6-8-22(16-26)18-32)17-27(24)30(34)33-29(14-20(2)3)25-12-13-28(31)21(4)15-25/h6,8-13,15-17,20,29H,5,7,14,19H2,1-4H3,(H,33,34). The molecule has 0 aromatic heterocycles. The molecule has 1 N–H and O–H groups in total. The Kier molecular flexibility index (Phi) is 9.03. The highest BCUT2D eigenvalue weighted by Crippen LogP contribution is 2.25. The van der Waals surface area contributed by atoms with Crippen LogP contribution >= 0.6 is 0 Å². The molecule has 0 aliphatic carbocycles. The van der Waals surface area contributed by atoms with Gasteiger partial charge in [-0.15, -0.1) is 0 Å². The largest absolute Gasteiger partial charge is 0.489 e. The zero-order chi connectivity index (χ0) is 25.4. The lowest BCUT2D eigenvalue weighted by Gasteiger charge is -2.23. The average Bonchev–Trinajstić information content (AvgIpc) is 2.84. The Balaban J connectivity index is 1.84. The summed E-state index contributed by atoms with van der Waals surface area (Å²) >= 11 is 0. The first kappa shape index (κ1) is 26.0. The fraction of sp³-hybridized carbons (Fsp3) is 0.333. The lowest BCUT2D eigenvalue weighted by molar-refractivity contribution is 0.0930. The van der Waals surface area contributed by atoms with Gasteiger partial charge >= 0.3 is 0 Å². The number of carbonyl (C=O) groups excluding carboxylic acids is 1. The van der Waals surface area contributed by atoms with Crippen molar-refractivity contribution in [3.63, 3.8) is 0 Å². The van der Waals surface area contributed by atoms with Gasteiger partial charge in [0, 0.05) is 5.56 Å². The molecule has 0 aliphatic heterocycles. The third-order valence-electron chi connectivity index (χ3n) is 5.90. The van der Waals surface area contributed by atoms with Gasteiger partial charge in [-0.05, 0) is 78.3 Å². The normalized spacial score (nSPS) is 11.7.